The smallest absolute Gasteiger partial charge is 0.232 e. The molecule has 0 spiro atoms. The molecule has 0 saturated carbocycles. The summed E-state index contributed by atoms with van der Waals surface area (Å²) in [5.74, 6) is 2.33. The van der Waals surface area contributed by atoms with Gasteiger partial charge in [-0.3, -0.25) is 4.79 Å². The third kappa shape index (κ3) is 4.87. The molecule has 31 heavy (non-hydrogen) atoms. The maximum absolute atomic E-state index is 12.5. The Balaban J connectivity index is 1.38. The molecule has 0 N–H and O–H groups in total. The third-order valence-corrected chi connectivity index (χ3v) is 5.46. The molecule has 1 aliphatic heterocycles. The van der Waals surface area contributed by atoms with Crippen LogP contribution in [0.25, 0.3) is 11.4 Å². The predicted octanol–water partition coefficient (Wildman–Crippen LogP) is 4.09. The summed E-state index contributed by atoms with van der Waals surface area (Å²) in [6.45, 7) is 3.83. The fourth-order valence-corrected chi connectivity index (χ4v) is 3.87. The van der Waals surface area contributed by atoms with Gasteiger partial charge in [-0.1, -0.05) is 35.5 Å². The van der Waals surface area contributed by atoms with Crippen LogP contribution < -0.4 is 9.47 Å². The van der Waals surface area contributed by atoms with Crippen molar-refractivity contribution in [2.24, 2.45) is 0 Å². The van der Waals surface area contributed by atoms with Gasteiger partial charge in [-0.25, -0.2) is 0 Å². The topological polar surface area (TPSA) is 77.7 Å². The van der Waals surface area contributed by atoms with Gasteiger partial charge in [0.05, 0.1) is 19.6 Å². The molecule has 3 aromatic rings. The second kappa shape index (κ2) is 9.64. The van der Waals surface area contributed by atoms with Gasteiger partial charge in [0.25, 0.3) is 0 Å². The van der Waals surface area contributed by atoms with E-state index in [0.717, 1.165) is 24.9 Å². The molecule has 1 fully saturated rings. The molecule has 7 heteroatoms. The Labute approximate surface area is 182 Å². The average Bonchev–Trinajstić information content (AvgIpc) is 3.42. The minimum atomic E-state index is -0.0740. The predicted molar refractivity (Wildman–Crippen MR) is 116 cm³/mol. The normalized spacial score (nSPS) is 16.0. The summed E-state index contributed by atoms with van der Waals surface area (Å²) < 4.78 is 16.5. The molecule has 2 aromatic carbocycles. The number of nitrogens with zero attached hydrogens (tertiary/aromatic N) is 3. The van der Waals surface area contributed by atoms with Crippen LogP contribution in [0.5, 0.6) is 11.5 Å². The second-order valence-electron chi connectivity index (χ2n) is 7.58. The highest BCUT2D eigenvalue weighted by atomic mass is 16.5. The van der Waals surface area contributed by atoms with Crippen LogP contribution in [0, 0.1) is 0 Å². The van der Waals surface area contributed by atoms with Crippen LogP contribution >= 0.6 is 0 Å². The average molecular weight is 421 g/mol. The molecule has 1 aliphatic rings. The van der Waals surface area contributed by atoms with Gasteiger partial charge in [-0.2, -0.15) is 4.98 Å². The number of aryl methyl sites for hydroxylation is 1. The van der Waals surface area contributed by atoms with Gasteiger partial charge in [-0.05, 0) is 43.5 Å². The fourth-order valence-electron chi connectivity index (χ4n) is 3.87. The number of carbonyl (C=O) groups excluding carboxylic acids is 1. The summed E-state index contributed by atoms with van der Waals surface area (Å²) in [5.41, 5.74) is 2.07. The van der Waals surface area contributed by atoms with Crippen molar-refractivity contribution >= 4 is 5.91 Å². The number of methoxy groups -OCH3 is 1. The Morgan fingerprint density at radius 1 is 1.16 bits per heavy atom. The van der Waals surface area contributed by atoms with Crippen LogP contribution in [0.3, 0.4) is 0 Å². The summed E-state index contributed by atoms with van der Waals surface area (Å²) in [4.78, 5) is 18.9. The van der Waals surface area contributed by atoms with E-state index in [2.05, 4.69) is 22.3 Å². The molecule has 1 amide bonds. The van der Waals surface area contributed by atoms with Crippen molar-refractivity contribution in [2.45, 2.75) is 32.1 Å². The third-order valence-electron chi connectivity index (χ3n) is 5.46. The lowest BCUT2D eigenvalue weighted by Gasteiger charge is -2.15. The quantitative estimate of drug-likeness (QED) is 0.518. The zero-order chi connectivity index (χ0) is 21.6. The summed E-state index contributed by atoms with van der Waals surface area (Å²) >= 11 is 0. The zero-order valence-electron chi connectivity index (χ0n) is 17.9. The molecule has 1 saturated heterocycles. The van der Waals surface area contributed by atoms with Crippen molar-refractivity contribution in [2.75, 3.05) is 26.8 Å². The lowest BCUT2D eigenvalue weighted by Crippen LogP contribution is -2.26. The van der Waals surface area contributed by atoms with Crippen molar-refractivity contribution < 1.29 is 18.8 Å². The zero-order valence-corrected chi connectivity index (χ0v) is 17.9. The first kappa shape index (κ1) is 20.9. The highest BCUT2D eigenvalue weighted by molar-refractivity contribution is 5.79. The van der Waals surface area contributed by atoms with E-state index in [1.807, 2.05) is 48.2 Å². The molecule has 7 nitrogen and oxygen atoms in total. The SMILES string of the molecule is CCOc1ccc(-c2noc(C3CC(=O)N(CCCc4ccccc4)C3)n2)cc1OC. The van der Waals surface area contributed by atoms with Gasteiger partial charge in [-0.15, -0.1) is 0 Å². The maximum Gasteiger partial charge on any atom is 0.232 e. The van der Waals surface area contributed by atoms with E-state index in [1.165, 1.54) is 5.56 Å². The van der Waals surface area contributed by atoms with Crippen molar-refractivity contribution in [1.82, 2.24) is 15.0 Å². The molecular formula is C24H27N3O4. The summed E-state index contributed by atoms with van der Waals surface area (Å²) in [6.07, 6.45) is 2.29. The van der Waals surface area contributed by atoms with E-state index >= 15 is 0 Å². The molecule has 2 heterocycles. The Morgan fingerprint density at radius 3 is 2.77 bits per heavy atom. The largest absolute Gasteiger partial charge is 0.493 e. The van der Waals surface area contributed by atoms with Crippen LogP contribution in [-0.4, -0.2) is 47.8 Å². The Morgan fingerprint density at radius 2 is 2.00 bits per heavy atom. The number of hydrogen-bond donors (Lipinski definition) is 0. The molecule has 1 atom stereocenters. The van der Waals surface area contributed by atoms with E-state index in [4.69, 9.17) is 14.0 Å². The molecule has 4 rings (SSSR count). The van der Waals surface area contributed by atoms with E-state index < -0.39 is 0 Å². The monoisotopic (exact) mass is 421 g/mol. The highest BCUT2D eigenvalue weighted by Gasteiger charge is 2.34. The van der Waals surface area contributed by atoms with Gasteiger partial charge in [0.1, 0.15) is 0 Å². The molecular weight excluding hydrogens is 394 g/mol. The number of benzene rings is 2. The Bertz CT molecular complexity index is 1020. The Kier molecular flexibility index (Phi) is 6.50. The Hall–Kier alpha value is -3.35. The van der Waals surface area contributed by atoms with E-state index in [-0.39, 0.29) is 11.8 Å². The second-order valence-corrected chi connectivity index (χ2v) is 7.58. The molecule has 1 unspecified atom stereocenters. The van der Waals surface area contributed by atoms with Gasteiger partial charge in [0.2, 0.25) is 17.6 Å². The van der Waals surface area contributed by atoms with Gasteiger partial charge < -0.3 is 18.9 Å². The standard InChI is InChI=1S/C24H27N3O4/c1-3-30-20-12-11-18(14-21(20)29-2)23-25-24(31-26-23)19-15-22(28)27(16-19)13-7-10-17-8-5-4-6-9-17/h4-6,8-9,11-12,14,19H,3,7,10,13,15-16H2,1-2H3. The lowest BCUT2D eigenvalue weighted by atomic mass is 10.1. The minimum absolute atomic E-state index is 0.0740. The van der Waals surface area contributed by atoms with Crippen molar-refractivity contribution in [1.29, 1.82) is 0 Å². The number of rotatable bonds is 9. The van der Waals surface area contributed by atoms with Crippen LogP contribution in [0.4, 0.5) is 0 Å². The van der Waals surface area contributed by atoms with Gasteiger partial charge in [0.15, 0.2) is 11.5 Å². The van der Waals surface area contributed by atoms with E-state index in [1.54, 1.807) is 7.11 Å². The van der Waals surface area contributed by atoms with Crippen LogP contribution in [0.2, 0.25) is 0 Å². The van der Waals surface area contributed by atoms with Gasteiger partial charge >= 0.3 is 0 Å². The number of likely N-dealkylation sites (tertiary alicyclic amines) is 1. The van der Waals surface area contributed by atoms with Crippen LogP contribution in [0.1, 0.15) is 37.1 Å². The molecule has 162 valence electrons. The number of carbonyl (C=O) groups is 1. The first-order valence-electron chi connectivity index (χ1n) is 10.6. The highest BCUT2D eigenvalue weighted by Crippen LogP contribution is 2.33. The molecule has 0 aliphatic carbocycles. The van der Waals surface area contributed by atoms with E-state index in [0.29, 0.717) is 42.8 Å². The van der Waals surface area contributed by atoms with Crippen molar-refractivity contribution in [3.8, 4) is 22.9 Å². The van der Waals surface area contributed by atoms with Crippen molar-refractivity contribution in [3.05, 3.63) is 60.0 Å². The van der Waals surface area contributed by atoms with Crippen LogP contribution in [0.15, 0.2) is 53.1 Å². The maximum atomic E-state index is 12.5. The first-order valence-corrected chi connectivity index (χ1v) is 10.6. The number of aromatic nitrogens is 2. The molecule has 0 radical (unpaired) electrons. The van der Waals surface area contributed by atoms with Crippen molar-refractivity contribution in [3.63, 3.8) is 0 Å². The number of hydrogen-bond acceptors (Lipinski definition) is 6. The molecule has 1 aromatic heterocycles. The fraction of sp³-hybridized carbons (Fsp3) is 0.375. The minimum Gasteiger partial charge on any atom is -0.493 e. The summed E-state index contributed by atoms with van der Waals surface area (Å²) in [7, 11) is 1.60. The lowest BCUT2D eigenvalue weighted by molar-refractivity contribution is -0.127. The first-order chi connectivity index (χ1) is 15.2. The summed E-state index contributed by atoms with van der Waals surface area (Å²) in [6, 6.07) is 15.9. The summed E-state index contributed by atoms with van der Waals surface area (Å²) in [5, 5.41) is 4.12. The van der Waals surface area contributed by atoms with E-state index in [9.17, 15) is 4.79 Å². The molecule has 0 bridgehead atoms. The number of ether oxygens (including phenoxy) is 2. The number of amides is 1. The van der Waals surface area contributed by atoms with Crippen LogP contribution in [-0.2, 0) is 11.2 Å². The van der Waals surface area contributed by atoms with Gasteiger partial charge in [0, 0.05) is 25.1 Å².